The van der Waals surface area contributed by atoms with Crippen molar-refractivity contribution >= 4 is 0 Å². The molecule has 1 nitrogen and oxygen atoms in total. The van der Waals surface area contributed by atoms with Gasteiger partial charge in [-0.1, -0.05) is 20.3 Å². The minimum absolute atomic E-state index is 0.569. The maximum Gasteiger partial charge on any atom is 0.0578 e. The molecule has 4 aliphatic rings. The second kappa shape index (κ2) is 5.50. The van der Waals surface area contributed by atoms with Gasteiger partial charge in [-0.3, -0.25) is 0 Å². The molecule has 0 saturated heterocycles. The second-order valence-corrected chi connectivity index (χ2v) is 9.59. The second-order valence-electron chi connectivity index (χ2n) is 9.59. The maximum atomic E-state index is 6.00. The van der Waals surface area contributed by atoms with E-state index in [1.54, 1.807) is 6.42 Å². The van der Waals surface area contributed by atoms with Crippen LogP contribution in [0.15, 0.2) is 0 Å². The monoisotopic (exact) mass is 304 g/mol. The SMILES string of the molecule is CCO[C@@H]1CC[C@@]2(C)[C@@H](CC[C@H]3[C@H]4CCC[C@@]4(C)CC[C@H]32)C1. The molecule has 0 aliphatic heterocycles. The molecule has 126 valence electrons. The van der Waals surface area contributed by atoms with E-state index in [2.05, 4.69) is 20.8 Å². The Bertz CT molecular complexity index is 418. The largest absolute Gasteiger partial charge is 0.378 e. The summed E-state index contributed by atoms with van der Waals surface area (Å²) in [6.45, 7) is 8.36. The summed E-state index contributed by atoms with van der Waals surface area (Å²) < 4.78 is 6.00. The van der Waals surface area contributed by atoms with Gasteiger partial charge in [-0.25, -0.2) is 0 Å². The standard InChI is InChI=1S/C21H36O/c1-4-22-16-9-13-21(3)15(14-16)7-8-17-18-6-5-11-20(18,2)12-10-19(17)21/h15-19H,4-14H2,1-3H3/t15-,16+,17-,18+,19+,20-,21-/m0/s1. The topological polar surface area (TPSA) is 9.23 Å². The van der Waals surface area contributed by atoms with Crippen molar-refractivity contribution < 1.29 is 4.74 Å². The quantitative estimate of drug-likeness (QED) is 0.624. The van der Waals surface area contributed by atoms with Crippen molar-refractivity contribution in [1.82, 2.24) is 0 Å². The van der Waals surface area contributed by atoms with E-state index in [1.807, 2.05) is 0 Å². The fourth-order valence-corrected chi connectivity index (χ4v) is 7.60. The molecule has 0 spiro atoms. The lowest BCUT2D eigenvalue weighted by Gasteiger charge is -2.60. The molecule has 1 heteroatoms. The molecule has 0 radical (unpaired) electrons. The summed E-state index contributed by atoms with van der Waals surface area (Å²) in [5.74, 6) is 4.11. The molecule has 4 saturated carbocycles. The minimum atomic E-state index is 0.569. The van der Waals surface area contributed by atoms with Crippen LogP contribution in [0.25, 0.3) is 0 Å². The highest BCUT2D eigenvalue weighted by molar-refractivity contribution is 5.07. The van der Waals surface area contributed by atoms with E-state index in [0.29, 0.717) is 16.9 Å². The van der Waals surface area contributed by atoms with E-state index in [1.165, 1.54) is 57.8 Å². The van der Waals surface area contributed by atoms with Crippen LogP contribution >= 0.6 is 0 Å². The van der Waals surface area contributed by atoms with Crippen molar-refractivity contribution in [3.8, 4) is 0 Å². The van der Waals surface area contributed by atoms with Crippen LogP contribution in [0.3, 0.4) is 0 Å². The van der Waals surface area contributed by atoms with E-state index in [9.17, 15) is 0 Å². The Morgan fingerprint density at radius 1 is 0.909 bits per heavy atom. The predicted octanol–water partition coefficient (Wildman–Crippen LogP) is 5.82. The molecule has 0 aromatic carbocycles. The first-order valence-corrected chi connectivity index (χ1v) is 10.2. The lowest BCUT2D eigenvalue weighted by Crippen LogP contribution is -2.53. The summed E-state index contributed by atoms with van der Waals surface area (Å²) in [5, 5.41) is 0. The molecule has 0 unspecified atom stereocenters. The summed E-state index contributed by atoms with van der Waals surface area (Å²) in [7, 11) is 0. The predicted molar refractivity (Wildman–Crippen MR) is 91.8 cm³/mol. The molecule has 4 rings (SSSR count). The highest BCUT2D eigenvalue weighted by Crippen LogP contribution is 2.66. The van der Waals surface area contributed by atoms with Crippen molar-refractivity contribution in [2.75, 3.05) is 6.61 Å². The van der Waals surface area contributed by atoms with Crippen molar-refractivity contribution in [2.24, 2.45) is 34.5 Å². The lowest BCUT2D eigenvalue weighted by atomic mass is 9.45. The van der Waals surface area contributed by atoms with Gasteiger partial charge >= 0.3 is 0 Å². The molecule has 4 fully saturated rings. The number of rotatable bonds is 2. The summed E-state index contributed by atoms with van der Waals surface area (Å²) in [6, 6.07) is 0. The van der Waals surface area contributed by atoms with Crippen LogP contribution in [0.4, 0.5) is 0 Å². The molecule has 0 N–H and O–H groups in total. The molecular weight excluding hydrogens is 268 g/mol. The normalized spacial score (nSPS) is 54.4. The molecule has 0 bridgehead atoms. The van der Waals surface area contributed by atoms with Crippen LogP contribution in [-0.2, 0) is 4.74 Å². The van der Waals surface area contributed by atoms with Crippen LogP contribution in [0.5, 0.6) is 0 Å². The average molecular weight is 305 g/mol. The zero-order valence-electron chi connectivity index (χ0n) is 15.1. The van der Waals surface area contributed by atoms with Gasteiger partial charge in [-0.2, -0.15) is 0 Å². The molecular formula is C21H36O. The highest BCUT2D eigenvalue weighted by atomic mass is 16.5. The van der Waals surface area contributed by atoms with Crippen LogP contribution in [0.2, 0.25) is 0 Å². The summed E-state index contributed by atoms with van der Waals surface area (Å²) in [4.78, 5) is 0. The Kier molecular flexibility index (Phi) is 3.87. The molecule has 0 heterocycles. The van der Waals surface area contributed by atoms with Gasteiger partial charge in [-0.15, -0.1) is 0 Å². The first-order chi connectivity index (χ1) is 10.6. The lowest BCUT2D eigenvalue weighted by molar-refractivity contribution is -0.128. The van der Waals surface area contributed by atoms with Crippen molar-refractivity contribution in [3.05, 3.63) is 0 Å². The van der Waals surface area contributed by atoms with Crippen molar-refractivity contribution in [3.63, 3.8) is 0 Å². The Morgan fingerprint density at radius 3 is 2.59 bits per heavy atom. The Labute approximate surface area is 137 Å². The first kappa shape index (κ1) is 15.5. The van der Waals surface area contributed by atoms with Gasteiger partial charge in [0.25, 0.3) is 0 Å². The Balaban J connectivity index is 1.54. The smallest absolute Gasteiger partial charge is 0.0578 e. The number of fused-ring (bicyclic) bond motifs is 5. The van der Waals surface area contributed by atoms with E-state index in [0.717, 1.165) is 30.3 Å². The first-order valence-electron chi connectivity index (χ1n) is 10.2. The van der Waals surface area contributed by atoms with Crippen LogP contribution in [0.1, 0.15) is 85.0 Å². The third-order valence-electron chi connectivity index (χ3n) is 8.80. The summed E-state index contributed by atoms with van der Waals surface area (Å²) in [5.41, 5.74) is 1.35. The third kappa shape index (κ3) is 2.21. The van der Waals surface area contributed by atoms with Crippen LogP contribution in [0, 0.1) is 34.5 Å². The van der Waals surface area contributed by atoms with Gasteiger partial charge in [0.15, 0.2) is 0 Å². The number of hydrogen-bond donors (Lipinski definition) is 0. The van der Waals surface area contributed by atoms with Crippen molar-refractivity contribution in [1.29, 1.82) is 0 Å². The van der Waals surface area contributed by atoms with Crippen LogP contribution in [-0.4, -0.2) is 12.7 Å². The number of hydrogen-bond acceptors (Lipinski definition) is 1. The van der Waals surface area contributed by atoms with Gasteiger partial charge < -0.3 is 4.74 Å². The third-order valence-corrected chi connectivity index (χ3v) is 8.80. The Morgan fingerprint density at radius 2 is 1.77 bits per heavy atom. The zero-order chi connectivity index (χ0) is 15.4. The van der Waals surface area contributed by atoms with Gasteiger partial charge in [-0.05, 0) is 99.2 Å². The fourth-order valence-electron chi connectivity index (χ4n) is 7.60. The molecule has 22 heavy (non-hydrogen) atoms. The Hall–Kier alpha value is -0.0400. The maximum absolute atomic E-state index is 6.00. The molecule has 0 amide bonds. The molecule has 0 aromatic heterocycles. The van der Waals surface area contributed by atoms with E-state index in [4.69, 9.17) is 4.74 Å². The fraction of sp³-hybridized carbons (Fsp3) is 1.00. The number of ether oxygens (including phenoxy) is 1. The summed E-state index contributed by atoms with van der Waals surface area (Å²) >= 11 is 0. The molecule has 4 aliphatic carbocycles. The van der Waals surface area contributed by atoms with Gasteiger partial charge in [0.2, 0.25) is 0 Å². The molecule has 7 atom stereocenters. The average Bonchev–Trinajstić information content (AvgIpc) is 2.89. The van der Waals surface area contributed by atoms with E-state index < -0.39 is 0 Å². The van der Waals surface area contributed by atoms with Crippen molar-refractivity contribution in [2.45, 2.75) is 91.1 Å². The van der Waals surface area contributed by atoms with Gasteiger partial charge in [0.1, 0.15) is 0 Å². The van der Waals surface area contributed by atoms with Gasteiger partial charge in [0.05, 0.1) is 6.10 Å². The highest BCUT2D eigenvalue weighted by Gasteiger charge is 2.57. The van der Waals surface area contributed by atoms with E-state index >= 15 is 0 Å². The zero-order valence-corrected chi connectivity index (χ0v) is 15.1. The minimum Gasteiger partial charge on any atom is -0.378 e. The summed E-state index contributed by atoms with van der Waals surface area (Å²) in [6.07, 6.45) is 15.3. The van der Waals surface area contributed by atoms with Gasteiger partial charge in [0, 0.05) is 6.61 Å². The van der Waals surface area contributed by atoms with Crippen LogP contribution < -0.4 is 0 Å². The van der Waals surface area contributed by atoms with E-state index in [-0.39, 0.29) is 0 Å². The molecule has 0 aromatic rings.